The predicted molar refractivity (Wildman–Crippen MR) is 83.4 cm³/mol. The molecule has 0 radical (unpaired) electrons. The van der Waals surface area contributed by atoms with E-state index < -0.39 is 11.6 Å². The predicted octanol–water partition coefficient (Wildman–Crippen LogP) is 0.895. The normalized spacial score (nSPS) is 28.5. The zero-order valence-electron chi connectivity index (χ0n) is 13.3. The first-order chi connectivity index (χ1) is 10.6. The second-order valence-corrected chi connectivity index (χ2v) is 6.84. The van der Waals surface area contributed by atoms with Gasteiger partial charge < -0.3 is 14.7 Å². The molecule has 1 aromatic rings. The Kier molecular flexibility index (Phi) is 4.50. The average molecular weight is 304 g/mol. The van der Waals surface area contributed by atoms with Crippen LogP contribution in [-0.2, 0) is 15.1 Å². The van der Waals surface area contributed by atoms with Crippen LogP contribution in [-0.4, -0.2) is 37.3 Å². The number of quaternary nitrogens is 1. The van der Waals surface area contributed by atoms with Crippen LogP contribution in [0.1, 0.15) is 37.7 Å². The maximum atomic E-state index is 12.8. The van der Waals surface area contributed by atoms with E-state index >= 15 is 0 Å². The summed E-state index contributed by atoms with van der Waals surface area (Å²) in [6.07, 6.45) is 4.73. The molecule has 1 aliphatic heterocycles. The van der Waals surface area contributed by atoms with Crippen LogP contribution >= 0.6 is 0 Å². The summed E-state index contributed by atoms with van der Waals surface area (Å²) in [5, 5.41) is 11.3. The Morgan fingerprint density at radius 3 is 2.50 bits per heavy atom. The number of hydrogen-bond acceptors (Lipinski definition) is 3. The van der Waals surface area contributed by atoms with Crippen molar-refractivity contribution in [2.24, 2.45) is 5.92 Å². The number of likely N-dealkylation sites (tertiary alicyclic amines) is 1. The number of carbonyl (C=O) groups is 1. The van der Waals surface area contributed by atoms with Gasteiger partial charge in [0.1, 0.15) is 6.54 Å². The van der Waals surface area contributed by atoms with Crippen LogP contribution in [0.2, 0.25) is 0 Å². The number of likely N-dealkylation sites (N-methyl/N-ethyl adjacent to an activating group) is 1. The monoisotopic (exact) mass is 304 g/mol. The minimum Gasteiger partial charge on any atom is -0.454 e. The molecule has 1 saturated carbocycles. The van der Waals surface area contributed by atoms with Crippen molar-refractivity contribution in [2.45, 2.75) is 43.8 Å². The molecule has 2 N–H and O–H groups in total. The lowest BCUT2D eigenvalue weighted by atomic mass is 9.80. The Morgan fingerprint density at radius 1 is 1.23 bits per heavy atom. The number of nitrogens with one attached hydrogen (secondary N) is 1. The Labute approximate surface area is 132 Å². The van der Waals surface area contributed by atoms with E-state index in [9.17, 15) is 9.90 Å². The second-order valence-electron chi connectivity index (χ2n) is 6.84. The molecule has 1 unspecified atom stereocenters. The maximum absolute atomic E-state index is 12.8. The molecule has 0 aromatic heterocycles. The van der Waals surface area contributed by atoms with E-state index in [1.165, 1.54) is 4.90 Å². The van der Waals surface area contributed by atoms with E-state index in [0.29, 0.717) is 5.56 Å². The zero-order valence-corrected chi connectivity index (χ0v) is 13.3. The summed E-state index contributed by atoms with van der Waals surface area (Å²) in [6.45, 7) is 1.85. The van der Waals surface area contributed by atoms with Gasteiger partial charge in [-0.1, -0.05) is 43.2 Å². The largest absolute Gasteiger partial charge is 0.454 e. The molecule has 2 aliphatic rings. The van der Waals surface area contributed by atoms with Gasteiger partial charge in [0, 0.05) is 12.3 Å². The van der Waals surface area contributed by atoms with Crippen molar-refractivity contribution < 1.29 is 19.5 Å². The first-order valence-electron chi connectivity index (χ1n) is 8.41. The van der Waals surface area contributed by atoms with Crippen molar-refractivity contribution >= 4 is 5.97 Å². The first-order valence-corrected chi connectivity index (χ1v) is 8.41. The fraction of sp³-hybridized carbons (Fsp3) is 0.611. The molecule has 120 valence electrons. The van der Waals surface area contributed by atoms with Crippen LogP contribution in [0.4, 0.5) is 0 Å². The SMILES string of the molecule is C[NH+]1CC[C@H](OC(=O)[C@](O)(c2ccccc2)C2CCCC2)C1. The summed E-state index contributed by atoms with van der Waals surface area (Å²) in [5.41, 5.74) is -0.820. The van der Waals surface area contributed by atoms with Crippen LogP contribution in [0.5, 0.6) is 0 Å². The third-order valence-corrected chi connectivity index (χ3v) is 5.21. The number of carbonyl (C=O) groups excluding carboxylic acids is 1. The molecule has 1 saturated heterocycles. The summed E-state index contributed by atoms with van der Waals surface area (Å²) in [6, 6.07) is 9.32. The van der Waals surface area contributed by atoms with Gasteiger partial charge in [-0.15, -0.1) is 0 Å². The lowest BCUT2D eigenvalue weighted by Gasteiger charge is -2.33. The molecule has 4 nitrogen and oxygen atoms in total. The minimum atomic E-state index is -1.49. The molecule has 0 bridgehead atoms. The highest BCUT2D eigenvalue weighted by Crippen LogP contribution is 2.41. The number of hydrogen-bond donors (Lipinski definition) is 2. The standard InChI is InChI=1S/C18H25NO3/c1-19-12-11-16(13-19)22-17(20)18(21,15-9-5-6-10-15)14-7-3-2-4-8-14/h2-4,7-8,15-16,21H,5-6,9-13H2,1H3/p+1/t16-,18-/m0/s1. The van der Waals surface area contributed by atoms with Crippen molar-refractivity contribution in [3.05, 3.63) is 35.9 Å². The molecule has 3 atom stereocenters. The fourth-order valence-corrected chi connectivity index (χ4v) is 3.90. The van der Waals surface area contributed by atoms with Crippen LogP contribution in [0.3, 0.4) is 0 Å². The topological polar surface area (TPSA) is 51.0 Å². The summed E-state index contributed by atoms with van der Waals surface area (Å²) >= 11 is 0. The third kappa shape index (κ3) is 2.90. The van der Waals surface area contributed by atoms with Crippen LogP contribution in [0, 0.1) is 5.92 Å². The van der Waals surface area contributed by atoms with Crippen LogP contribution < -0.4 is 4.90 Å². The molecule has 1 aromatic carbocycles. The highest BCUT2D eigenvalue weighted by Gasteiger charge is 2.48. The van der Waals surface area contributed by atoms with E-state index in [1.54, 1.807) is 0 Å². The molecular formula is C18H26NO3+. The second kappa shape index (κ2) is 6.39. The number of rotatable bonds is 4. The zero-order chi connectivity index (χ0) is 15.6. The molecule has 4 heteroatoms. The van der Waals surface area contributed by atoms with Gasteiger partial charge in [-0.05, 0) is 18.4 Å². The molecule has 1 heterocycles. The number of aliphatic hydroxyl groups is 1. The Bertz CT molecular complexity index is 512. The fourth-order valence-electron chi connectivity index (χ4n) is 3.90. The van der Waals surface area contributed by atoms with Gasteiger partial charge in [0.25, 0.3) is 0 Å². The lowest BCUT2D eigenvalue weighted by molar-refractivity contribution is -0.867. The van der Waals surface area contributed by atoms with Crippen molar-refractivity contribution in [3.8, 4) is 0 Å². The number of benzene rings is 1. The smallest absolute Gasteiger partial charge is 0.343 e. The number of ether oxygens (including phenoxy) is 1. The van der Waals surface area contributed by atoms with Crippen molar-refractivity contribution in [3.63, 3.8) is 0 Å². The van der Waals surface area contributed by atoms with Crippen LogP contribution in [0.15, 0.2) is 30.3 Å². The van der Waals surface area contributed by atoms with Gasteiger partial charge in [0.05, 0.1) is 13.6 Å². The van der Waals surface area contributed by atoms with Crippen LogP contribution in [0.25, 0.3) is 0 Å². The Balaban J connectivity index is 1.83. The van der Waals surface area contributed by atoms with E-state index in [-0.39, 0.29) is 12.0 Å². The quantitative estimate of drug-likeness (QED) is 0.813. The van der Waals surface area contributed by atoms with Crippen molar-refractivity contribution in [2.75, 3.05) is 20.1 Å². The van der Waals surface area contributed by atoms with Gasteiger partial charge in [0.2, 0.25) is 0 Å². The van der Waals surface area contributed by atoms with Crippen molar-refractivity contribution in [1.82, 2.24) is 0 Å². The first kappa shape index (κ1) is 15.5. The summed E-state index contributed by atoms with van der Waals surface area (Å²) in [7, 11) is 2.11. The third-order valence-electron chi connectivity index (χ3n) is 5.21. The minimum absolute atomic E-state index is 0.0334. The molecule has 22 heavy (non-hydrogen) atoms. The lowest BCUT2D eigenvalue weighted by Crippen LogP contribution is -3.07. The molecule has 0 amide bonds. The summed E-state index contributed by atoms with van der Waals surface area (Å²) < 4.78 is 5.70. The summed E-state index contributed by atoms with van der Waals surface area (Å²) in [5.74, 6) is -0.487. The van der Waals surface area contributed by atoms with Gasteiger partial charge >= 0.3 is 5.97 Å². The average Bonchev–Trinajstić information content (AvgIpc) is 3.19. The van der Waals surface area contributed by atoms with Gasteiger partial charge in [0.15, 0.2) is 11.7 Å². The number of esters is 1. The Hall–Kier alpha value is -1.39. The van der Waals surface area contributed by atoms with Crippen molar-refractivity contribution in [1.29, 1.82) is 0 Å². The highest BCUT2D eigenvalue weighted by atomic mass is 16.6. The van der Waals surface area contributed by atoms with Gasteiger partial charge in [-0.3, -0.25) is 0 Å². The van der Waals surface area contributed by atoms with E-state index in [4.69, 9.17) is 4.74 Å². The molecule has 1 aliphatic carbocycles. The molecule has 0 spiro atoms. The molecule has 3 rings (SSSR count). The maximum Gasteiger partial charge on any atom is 0.343 e. The van der Waals surface area contributed by atoms with Gasteiger partial charge in [-0.25, -0.2) is 4.79 Å². The highest BCUT2D eigenvalue weighted by molar-refractivity contribution is 5.81. The van der Waals surface area contributed by atoms with E-state index in [0.717, 1.165) is 45.2 Å². The Morgan fingerprint density at radius 2 is 1.91 bits per heavy atom. The van der Waals surface area contributed by atoms with Gasteiger partial charge in [-0.2, -0.15) is 0 Å². The summed E-state index contributed by atoms with van der Waals surface area (Å²) in [4.78, 5) is 14.2. The molecule has 2 fully saturated rings. The van der Waals surface area contributed by atoms with E-state index in [2.05, 4.69) is 7.05 Å². The van der Waals surface area contributed by atoms with E-state index in [1.807, 2.05) is 30.3 Å². The molecular weight excluding hydrogens is 278 g/mol.